The summed E-state index contributed by atoms with van der Waals surface area (Å²) in [6.07, 6.45) is 1.69. The van der Waals surface area contributed by atoms with Crippen LogP contribution in [0.15, 0.2) is 48.7 Å². The minimum Gasteiger partial charge on any atom is -0.378 e. The molecule has 138 valence electrons. The summed E-state index contributed by atoms with van der Waals surface area (Å²) in [6.45, 7) is 6.51. The standard InChI is InChI=1S/C22H23N3O2/c1-15-7-8-19(16(2)13-15)24-21-17-5-3-4-6-20(17)23-14-18(21)22(26)25-9-11-27-12-10-25/h3-8,13-14H,9-12H2,1-2H3,(H,23,24). The van der Waals surface area contributed by atoms with Gasteiger partial charge in [-0.3, -0.25) is 9.78 Å². The third-order valence-corrected chi connectivity index (χ3v) is 4.95. The molecule has 0 radical (unpaired) electrons. The van der Waals surface area contributed by atoms with Crippen molar-refractivity contribution in [3.05, 3.63) is 65.4 Å². The van der Waals surface area contributed by atoms with Gasteiger partial charge >= 0.3 is 0 Å². The molecule has 2 heterocycles. The Kier molecular flexibility index (Phi) is 4.77. The van der Waals surface area contributed by atoms with E-state index in [4.69, 9.17) is 4.74 Å². The Morgan fingerprint density at radius 2 is 1.89 bits per heavy atom. The first kappa shape index (κ1) is 17.5. The largest absolute Gasteiger partial charge is 0.378 e. The number of carbonyl (C=O) groups excluding carboxylic acids is 1. The summed E-state index contributed by atoms with van der Waals surface area (Å²) in [5.41, 5.74) is 5.61. The maximum atomic E-state index is 13.2. The second-order valence-corrected chi connectivity index (χ2v) is 6.91. The molecule has 5 heteroatoms. The predicted octanol–water partition coefficient (Wildman–Crippen LogP) is 4.07. The molecular weight excluding hydrogens is 338 g/mol. The lowest BCUT2D eigenvalue weighted by molar-refractivity contribution is 0.0303. The summed E-state index contributed by atoms with van der Waals surface area (Å²) < 4.78 is 5.38. The van der Waals surface area contributed by atoms with Crippen LogP contribution in [0.4, 0.5) is 11.4 Å². The smallest absolute Gasteiger partial charge is 0.257 e. The average Bonchev–Trinajstić information content (AvgIpc) is 2.70. The Balaban J connectivity index is 1.81. The molecule has 27 heavy (non-hydrogen) atoms. The maximum Gasteiger partial charge on any atom is 0.257 e. The molecule has 2 aromatic carbocycles. The zero-order chi connectivity index (χ0) is 18.8. The highest BCUT2D eigenvalue weighted by Gasteiger charge is 2.23. The Morgan fingerprint density at radius 1 is 1.11 bits per heavy atom. The number of carbonyl (C=O) groups is 1. The summed E-state index contributed by atoms with van der Waals surface area (Å²) in [7, 11) is 0. The molecule has 1 fully saturated rings. The third-order valence-electron chi connectivity index (χ3n) is 4.95. The Labute approximate surface area is 159 Å². The number of nitrogens with one attached hydrogen (secondary N) is 1. The lowest BCUT2D eigenvalue weighted by Crippen LogP contribution is -2.41. The zero-order valence-electron chi connectivity index (χ0n) is 15.7. The molecule has 4 rings (SSSR count). The molecule has 0 aliphatic carbocycles. The zero-order valence-corrected chi connectivity index (χ0v) is 15.7. The van der Waals surface area contributed by atoms with Crippen LogP contribution in [0, 0.1) is 13.8 Å². The second kappa shape index (κ2) is 7.37. The summed E-state index contributed by atoms with van der Waals surface area (Å²) in [5.74, 6) is -0.0104. The van der Waals surface area contributed by atoms with E-state index in [9.17, 15) is 4.79 Å². The number of aryl methyl sites for hydroxylation is 2. The third kappa shape index (κ3) is 3.51. The van der Waals surface area contributed by atoms with Crippen molar-refractivity contribution in [2.45, 2.75) is 13.8 Å². The van der Waals surface area contributed by atoms with E-state index in [1.165, 1.54) is 5.56 Å². The fourth-order valence-electron chi connectivity index (χ4n) is 3.46. The van der Waals surface area contributed by atoms with Crippen molar-refractivity contribution < 1.29 is 9.53 Å². The van der Waals surface area contributed by atoms with Gasteiger partial charge < -0.3 is 15.0 Å². The molecule has 1 N–H and O–H groups in total. The van der Waals surface area contributed by atoms with Crippen molar-refractivity contribution in [1.29, 1.82) is 0 Å². The first-order valence-electron chi connectivity index (χ1n) is 9.22. The number of benzene rings is 2. The quantitative estimate of drug-likeness (QED) is 0.764. The van der Waals surface area contributed by atoms with Gasteiger partial charge in [-0.15, -0.1) is 0 Å². The van der Waals surface area contributed by atoms with Crippen LogP contribution in [0.3, 0.4) is 0 Å². The molecule has 0 unspecified atom stereocenters. The van der Waals surface area contributed by atoms with Gasteiger partial charge in [0.25, 0.3) is 5.91 Å². The van der Waals surface area contributed by atoms with Gasteiger partial charge in [0, 0.05) is 30.4 Å². The Hall–Kier alpha value is -2.92. The summed E-state index contributed by atoms with van der Waals surface area (Å²) >= 11 is 0. The SMILES string of the molecule is Cc1ccc(Nc2c(C(=O)N3CCOCC3)cnc3ccccc23)c(C)c1. The number of hydrogen-bond acceptors (Lipinski definition) is 4. The summed E-state index contributed by atoms with van der Waals surface area (Å²) in [5, 5.41) is 4.45. The first-order valence-corrected chi connectivity index (χ1v) is 9.22. The molecule has 1 aromatic heterocycles. The lowest BCUT2D eigenvalue weighted by Gasteiger charge is -2.28. The predicted molar refractivity (Wildman–Crippen MR) is 108 cm³/mol. The van der Waals surface area contributed by atoms with Crippen molar-refractivity contribution in [2.75, 3.05) is 31.6 Å². The summed E-state index contributed by atoms with van der Waals surface area (Å²) in [6, 6.07) is 14.2. The van der Waals surface area contributed by atoms with Crippen molar-refractivity contribution in [1.82, 2.24) is 9.88 Å². The van der Waals surface area contributed by atoms with Crippen molar-refractivity contribution >= 4 is 28.2 Å². The molecule has 0 saturated carbocycles. The van der Waals surface area contributed by atoms with Crippen molar-refractivity contribution in [3.63, 3.8) is 0 Å². The van der Waals surface area contributed by atoms with E-state index < -0.39 is 0 Å². The van der Waals surface area contributed by atoms with Crippen molar-refractivity contribution in [3.8, 4) is 0 Å². The molecule has 5 nitrogen and oxygen atoms in total. The number of pyridine rings is 1. The van der Waals surface area contributed by atoms with E-state index in [1.54, 1.807) is 6.20 Å². The van der Waals surface area contributed by atoms with Gasteiger partial charge in [0.1, 0.15) is 0 Å². The van der Waals surface area contributed by atoms with E-state index >= 15 is 0 Å². The number of rotatable bonds is 3. The monoisotopic (exact) mass is 361 g/mol. The van der Waals surface area contributed by atoms with Crippen LogP contribution in [0.25, 0.3) is 10.9 Å². The van der Waals surface area contributed by atoms with E-state index in [0.29, 0.717) is 31.9 Å². The molecule has 1 amide bonds. The van der Waals surface area contributed by atoms with Crippen LogP contribution >= 0.6 is 0 Å². The number of aromatic nitrogens is 1. The number of anilines is 2. The normalized spacial score (nSPS) is 14.4. The van der Waals surface area contributed by atoms with Gasteiger partial charge in [0.2, 0.25) is 0 Å². The van der Waals surface area contributed by atoms with E-state index in [0.717, 1.165) is 27.8 Å². The Morgan fingerprint density at radius 3 is 2.67 bits per heavy atom. The molecule has 0 spiro atoms. The lowest BCUT2D eigenvalue weighted by atomic mass is 10.1. The number of ether oxygens (including phenoxy) is 1. The molecular formula is C22H23N3O2. The Bertz CT molecular complexity index is 994. The maximum absolute atomic E-state index is 13.2. The molecule has 0 bridgehead atoms. The number of nitrogens with zero attached hydrogens (tertiary/aromatic N) is 2. The van der Waals surface area contributed by atoms with E-state index in [1.807, 2.05) is 29.2 Å². The van der Waals surface area contributed by atoms with Crippen LogP contribution < -0.4 is 5.32 Å². The van der Waals surface area contributed by atoms with Crippen LogP contribution in [-0.2, 0) is 4.74 Å². The summed E-state index contributed by atoms with van der Waals surface area (Å²) in [4.78, 5) is 19.5. The fourth-order valence-corrected chi connectivity index (χ4v) is 3.46. The van der Waals surface area contributed by atoms with Crippen LogP contribution in [0.1, 0.15) is 21.5 Å². The van der Waals surface area contributed by atoms with E-state index in [-0.39, 0.29) is 5.91 Å². The van der Waals surface area contributed by atoms with Crippen molar-refractivity contribution in [2.24, 2.45) is 0 Å². The van der Waals surface area contributed by atoms with Gasteiger partial charge in [0.05, 0.1) is 30.0 Å². The molecule has 1 saturated heterocycles. The fraction of sp³-hybridized carbons (Fsp3) is 0.273. The van der Waals surface area contributed by atoms with Crippen LogP contribution in [0.5, 0.6) is 0 Å². The highest BCUT2D eigenvalue weighted by Crippen LogP contribution is 2.31. The van der Waals surface area contributed by atoms with Gasteiger partial charge in [-0.05, 0) is 31.5 Å². The molecule has 1 aliphatic rings. The highest BCUT2D eigenvalue weighted by atomic mass is 16.5. The molecule has 3 aromatic rings. The topological polar surface area (TPSA) is 54.5 Å². The van der Waals surface area contributed by atoms with Gasteiger partial charge in [0.15, 0.2) is 0 Å². The number of morpholine rings is 1. The molecule has 0 atom stereocenters. The number of fused-ring (bicyclic) bond motifs is 1. The average molecular weight is 361 g/mol. The minimum absolute atomic E-state index is 0.0104. The van der Waals surface area contributed by atoms with Gasteiger partial charge in [-0.25, -0.2) is 0 Å². The van der Waals surface area contributed by atoms with E-state index in [2.05, 4.69) is 42.3 Å². The molecule has 1 aliphatic heterocycles. The number of amides is 1. The number of para-hydroxylation sites is 1. The van der Waals surface area contributed by atoms with Crippen LogP contribution in [0.2, 0.25) is 0 Å². The minimum atomic E-state index is -0.0104. The van der Waals surface area contributed by atoms with Gasteiger partial charge in [-0.1, -0.05) is 35.9 Å². The highest BCUT2D eigenvalue weighted by molar-refractivity contribution is 6.08. The van der Waals surface area contributed by atoms with Gasteiger partial charge in [-0.2, -0.15) is 0 Å². The van der Waals surface area contributed by atoms with Crippen LogP contribution in [-0.4, -0.2) is 42.1 Å². The first-order chi connectivity index (χ1) is 13.1. The number of hydrogen-bond donors (Lipinski definition) is 1. The second-order valence-electron chi connectivity index (χ2n) is 6.91.